The molecule has 106 valence electrons. The van der Waals surface area contributed by atoms with Crippen LogP contribution in [0.1, 0.15) is 6.42 Å². The molecule has 5 heteroatoms. The third kappa shape index (κ3) is 2.76. The highest BCUT2D eigenvalue weighted by Gasteiger charge is 2.22. The van der Waals surface area contributed by atoms with E-state index < -0.39 is 5.97 Å². The van der Waals surface area contributed by atoms with Crippen LogP contribution in [-0.4, -0.2) is 23.3 Å². The van der Waals surface area contributed by atoms with Crippen LogP contribution in [-0.2, 0) is 4.79 Å². The van der Waals surface area contributed by atoms with Crippen LogP contribution in [0.3, 0.4) is 0 Å². The Kier molecular flexibility index (Phi) is 3.62. The Bertz CT molecular complexity index is 710. The van der Waals surface area contributed by atoms with Gasteiger partial charge < -0.3 is 5.11 Å². The Morgan fingerprint density at radius 1 is 1.14 bits per heavy atom. The van der Waals surface area contributed by atoms with Crippen molar-refractivity contribution in [3.63, 3.8) is 0 Å². The topological polar surface area (TPSA) is 52.9 Å². The SMILES string of the molecule is O=C(O)C1=NN(c2ccccc2-c2ccc(Cl)cc2)CC1. The number of aliphatic carboxylic acids is 1. The van der Waals surface area contributed by atoms with Gasteiger partial charge in [0.1, 0.15) is 5.71 Å². The lowest BCUT2D eigenvalue weighted by Crippen LogP contribution is -2.12. The minimum absolute atomic E-state index is 0.195. The monoisotopic (exact) mass is 300 g/mol. The van der Waals surface area contributed by atoms with Crippen LogP contribution in [0.4, 0.5) is 5.69 Å². The molecule has 1 heterocycles. The molecule has 0 amide bonds. The molecular weight excluding hydrogens is 288 g/mol. The van der Waals surface area contributed by atoms with Crippen LogP contribution in [0.25, 0.3) is 11.1 Å². The molecule has 0 bridgehead atoms. The van der Waals surface area contributed by atoms with Gasteiger partial charge in [0.15, 0.2) is 0 Å². The number of hydrogen-bond donors (Lipinski definition) is 1. The summed E-state index contributed by atoms with van der Waals surface area (Å²) in [6.45, 7) is 0.576. The summed E-state index contributed by atoms with van der Waals surface area (Å²) in [4.78, 5) is 11.0. The van der Waals surface area contributed by atoms with E-state index in [1.807, 2.05) is 48.5 Å². The minimum atomic E-state index is -0.957. The molecule has 0 fully saturated rings. The highest BCUT2D eigenvalue weighted by atomic mass is 35.5. The van der Waals surface area contributed by atoms with Gasteiger partial charge in [0, 0.05) is 23.6 Å². The van der Waals surface area contributed by atoms with Crippen LogP contribution in [0.15, 0.2) is 53.6 Å². The first-order valence-electron chi connectivity index (χ1n) is 6.58. The molecule has 2 aromatic rings. The summed E-state index contributed by atoms with van der Waals surface area (Å²) in [6.07, 6.45) is 0.449. The van der Waals surface area contributed by atoms with Crippen molar-refractivity contribution in [2.75, 3.05) is 11.6 Å². The van der Waals surface area contributed by atoms with Gasteiger partial charge in [-0.1, -0.05) is 41.9 Å². The Morgan fingerprint density at radius 2 is 1.86 bits per heavy atom. The third-order valence-corrected chi connectivity index (χ3v) is 3.64. The number of nitrogens with zero attached hydrogens (tertiary/aromatic N) is 2. The highest BCUT2D eigenvalue weighted by molar-refractivity contribution is 6.36. The standard InChI is InChI=1S/C16H13ClN2O2/c17-12-7-5-11(6-8-12)13-3-1-2-4-15(13)19-10-9-14(18-19)16(20)21/h1-8H,9-10H2,(H,20,21). The number of carboxylic acids is 1. The largest absolute Gasteiger partial charge is 0.477 e. The maximum Gasteiger partial charge on any atom is 0.352 e. The second-order valence-electron chi connectivity index (χ2n) is 4.75. The van der Waals surface area contributed by atoms with E-state index in [2.05, 4.69) is 5.10 Å². The summed E-state index contributed by atoms with van der Waals surface area (Å²) in [6, 6.07) is 15.4. The fourth-order valence-corrected chi connectivity index (χ4v) is 2.48. The van der Waals surface area contributed by atoms with Crippen LogP contribution < -0.4 is 5.01 Å². The van der Waals surface area contributed by atoms with Gasteiger partial charge in [-0.05, 0) is 23.8 Å². The molecule has 0 aromatic heterocycles. The molecule has 0 saturated heterocycles. The Morgan fingerprint density at radius 3 is 2.52 bits per heavy atom. The second-order valence-corrected chi connectivity index (χ2v) is 5.19. The molecule has 21 heavy (non-hydrogen) atoms. The molecular formula is C16H13ClN2O2. The lowest BCUT2D eigenvalue weighted by atomic mass is 10.0. The first-order chi connectivity index (χ1) is 10.1. The minimum Gasteiger partial charge on any atom is -0.477 e. The van der Waals surface area contributed by atoms with Crippen molar-refractivity contribution in [2.24, 2.45) is 5.10 Å². The molecule has 2 aromatic carbocycles. The Balaban J connectivity index is 2.01. The Hall–Kier alpha value is -2.33. The van der Waals surface area contributed by atoms with E-state index in [9.17, 15) is 4.79 Å². The number of benzene rings is 2. The van der Waals surface area contributed by atoms with Crippen molar-refractivity contribution in [2.45, 2.75) is 6.42 Å². The van der Waals surface area contributed by atoms with Crippen molar-refractivity contribution < 1.29 is 9.90 Å². The van der Waals surface area contributed by atoms with Gasteiger partial charge in [-0.15, -0.1) is 0 Å². The summed E-state index contributed by atoms with van der Waals surface area (Å²) in [5, 5.41) is 15.6. The maximum absolute atomic E-state index is 11.0. The number of para-hydroxylation sites is 1. The van der Waals surface area contributed by atoms with Crippen molar-refractivity contribution >= 4 is 29.0 Å². The molecule has 0 radical (unpaired) electrons. The molecule has 1 aliphatic heterocycles. The van der Waals surface area contributed by atoms with E-state index in [1.165, 1.54) is 0 Å². The molecule has 0 saturated carbocycles. The number of halogens is 1. The maximum atomic E-state index is 11.0. The van der Waals surface area contributed by atoms with Gasteiger partial charge in [-0.25, -0.2) is 4.79 Å². The quantitative estimate of drug-likeness (QED) is 0.941. The van der Waals surface area contributed by atoms with E-state index in [0.717, 1.165) is 16.8 Å². The number of rotatable bonds is 3. The zero-order chi connectivity index (χ0) is 14.8. The number of carboxylic acid groups (broad SMARTS) is 1. The average molecular weight is 301 g/mol. The summed E-state index contributed by atoms with van der Waals surface area (Å²) in [7, 11) is 0. The molecule has 0 atom stereocenters. The van der Waals surface area contributed by atoms with Gasteiger partial charge in [0.25, 0.3) is 0 Å². The molecule has 0 aliphatic carbocycles. The highest BCUT2D eigenvalue weighted by Crippen LogP contribution is 2.33. The fraction of sp³-hybridized carbons (Fsp3) is 0.125. The molecule has 4 nitrogen and oxygen atoms in total. The number of anilines is 1. The predicted molar refractivity (Wildman–Crippen MR) is 83.9 cm³/mol. The molecule has 0 spiro atoms. The number of hydrogen-bond acceptors (Lipinski definition) is 3. The van der Waals surface area contributed by atoms with Crippen molar-refractivity contribution in [1.82, 2.24) is 0 Å². The number of carbonyl (C=O) groups is 1. The van der Waals surface area contributed by atoms with Crippen LogP contribution in [0.5, 0.6) is 0 Å². The zero-order valence-corrected chi connectivity index (χ0v) is 11.9. The third-order valence-electron chi connectivity index (χ3n) is 3.39. The van der Waals surface area contributed by atoms with Gasteiger partial charge in [-0.3, -0.25) is 5.01 Å². The van der Waals surface area contributed by atoms with E-state index in [-0.39, 0.29) is 5.71 Å². The van der Waals surface area contributed by atoms with E-state index in [1.54, 1.807) is 5.01 Å². The molecule has 1 N–H and O–H groups in total. The van der Waals surface area contributed by atoms with Gasteiger partial charge in [-0.2, -0.15) is 5.10 Å². The van der Waals surface area contributed by atoms with Crippen LogP contribution in [0.2, 0.25) is 5.02 Å². The van der Waals surface area contributed by atoms with Gasteiger partial charge in [0.05, 0.1) is 5.69 Å². The van der Waals surface area contributed by atoms with Crippen LogP contribution in [0, 0.1) is 0 Å². The number of hydrazone groups is 1. The lowest BCUT2D eigenvalue weighted by Gasteiger charge is -2.18. The summed E-state index contributed by atoms with van der Waals surface area (Å²) in [5.41, 5.74) is 3.12. The summed E-state index contributed by atoms with van der Waals surface area (Å²) in [5.74, 6) is -0.957. The van der Waals surface area contributed by atoms with Crippen molar-refractivity contribution in [3.8, 4) is 11.1 Å². The normalized spacial score (nSPS) is 14.1. The zero-order valence-electron chi connectivity index (χ0n) is 11.2. The Labute approximate surface area is 127 Å². The fourth-order valence-electron chi connectivity index (χ4n) is 2.35. The first-order valence-corrected chi connectivity index (χ1v) is 6.96. The van der Waals surface area contributed by atoms with Gasteiger partial charge in [0.2, 0.25) is 0 Å². The average Bonchev–Trinajstić information content (AvgIpc) is 2.98. The summed E-state index contributed by atoms with van der Waals surface area (Å²) >= 11 is 5.92. The first kappa shape index (κ1) is 13.6. The summed E-state index contributed by atoms with van der Waals surface area (Å²) < 4.78 is 0. The van der Waals surface area contributed by atoms with Crippen molar-refractivity contribution in [3.05, 3.63) is 53.6 Å². The molecule has 1 aliphatic rings. The molecule has 3 rings (SSSR count). The van der Waals surface area contributed by atoms with Crippen molar-refractivity contribution in [1.29, 1.82) is 0 Å². The van der Waals surface area contributed by atoms with Gasteiger partial charge >= 0.3 is 5.97 Å². The van der Waals surface area contributed by atoms with E-state index >= 15 is 0 Å². The van der Waals surface area contributed by atoms with E-state index in [4.69, 9.17) is 16.7 Å². The van der Waals surface area contributed by atoms with Crippen LogP contribution >= 0.6 is 11.6 Å². The lowest BCUT2D eigenvalue weighted by molar-refractivity contribution is -0.129. The molecule has 0 unspecified atom stereocenters. The smallest absolute Gasteiger partial charge is 0.352 e. The van der Waals surface area contributed by atoms with E-state index in [0.29, 0.717) is 18.0 Å². The predicted octanol–water partition coefficient (Wildman–Crippen LogP) is 3.66. The second kappa shape index (κ2) is 5.58.